The zero-order chi connectivity index (χ0) is 8.27. The van der Waals surface area contributed by atoms with E-state index in [1.807, 2.05) is 6.07 Å². The normalized spacial score (nSPS) is 13.0. The van der Waals surface area contributed by atoms with Crippen molar-refractivity contribution in [2.75, 3.05) is 6.54 Å². The van der Waals surface area contributed by atoms with Crippen molar-refractivity contribution in [2.24, 2.45) is 11.5 Å². The van der Waals surface area contributed by atoms with Crippen molar-refractivity contribution in [1.82, 2.24) is 4.98 Å². The minimum absolute atomic E-state index is 0.212. The minimum atomic E-state index is -0.212. The molecule has 0 fully saturated rings. The second-order valence-electron chi connectivity index (χ2n) is 2.23. The number of nitrogens with zero attached hydrogens (tertiary/aromatic N) is 1. The van der Waals surface area contributed by atoms with E-state index in [2.05, 4.69) is 4.98 Å². The van der Waals surface area contributed by atoms with Crippen LogP contribution in [0, 0.1) is 0 Å². The number of aromatic nitrogens is 1. The topological polar surface area (TPSA) is 64.9 Å². The molecule has 4 N–H and O–H groups in total. The van der Waals surface area contributed by atoms with Crippen molar-refractivity contribution >= 4 is 11.6 Å². The highest BCUT2D eigenvalue weighted by atomic mass is 35.5. The van der Waals surface area contributed by atoms with E-state index in [9.17, 15) is 0 Å². The predicted octanol–water partition coefficient (Wildman–Crippen LogP) is 0.693. The molecule has 0 bridgehead atoms. The molecule has 0 unspecified atom stereocenters. The van der Waals surface area contributed by atoms with Crippen LogP contribution in [0.3, 0.4) is 0 Å². The van der Waals surface area contributed by atoms with Crippen LogP contribution in [0.25, 0.3) is 0 Å². The lowest BCUT2D eigenvalue weighted by Crippen LogP contribution is -2.21. The fourth-order valence-corrected chi connectivity index (χ4v) is 1.06. The van der Waals surface area contributed by atoms with E-state index in [1.54, 1.807) is 12.3 Å². The van der Waals surface area contributed by atoms with Gasteiger partial charge in [-0.05, 0) is 6.07 Å². The van der Waals surface area contributed by atoms with Gasteiger partial charge in [0.2, 0.25) is 0 Å². The first-order valence-corrected chi connectivity index (χ1v) is 3.69. The van der Waals surface area contributed by atoms with Gasteiger partial charge in [-0.15, -0.1) is 0 Å². The van der Waals surface area contributed by atoms with Crippen LogP contribution in [-0.2, 0) is 0 Å². The second kappa shape index (κ2) is 3.67. The zero-order valence-corrected chi connectivity index (χ0v) is 6.75. The molecule has 0 radical (unpaired) electrons. The highest BCUT2D eigenvalue weighted by molar-refractivity contribution is 6.30. The quantitative estimate of drug-likeness (QED) is 0.644. The van der Waals surface area contributed by atoms with Crippen molar-refractivity contribution in [3.63, 3.8) is 0 Å². The van der Waals surface area contributed by atoms with E-state index in [1.165, 1.54) is 0 Å². The molecular weight excluding hydrogens is 162 g/mol. The third-order valence-corrected chi connectivity index (χ3v) is 1.76. The number of pyridine rings is 1. The minimum Gasteiger partial charge on any atom is -0.329 e. The summed E-state index contributed by atoms with van der Waals surface area (Å²) in [6, 6.07) is 3.40. The van der Waals surface area contributed by atoms with Crippen LogP contribution < -0.4 is 11.5 Å². The Bertz CT molecular complexity index is 239. The van der Waals surface area contributed by atoms with Crippen LogP contribution >= 0.6 is 11.6 Å². The van der Waals surface area contributed by atoms with Gasteiger partial charge < -0.3 is 11.5 Å². The summed E-state index contributed by atoms with van der Waals surface area (Å²) in [5.74, 6) is 0. The summed E-state index contributed by atoms with van der Waals surface area (Å²) in [5, 5.41) is 0.436. The largest absolute Gasteiger partial charge is 0.329 e. The third kappa shape index (κ3) is 1.89. The van der Waals surface area contributed by atoms with E-state index >= 15 is 0 Å². The maximum absolute atomic E-state index is 5.75. The molecule has 11 heavy (non-hydrogen) atoms. The summed E-state index contributed by atoms with van der Waals surface area (Å²) in [6.07, 6.45) is 1.62. The highest BCUT2D eigenvalue weighted by Gasteiger charge is 2.07. The zero-order valence-electron chi connectivity index (χ0n) is 6.00. The Morgan fingerprint density at radius 3 is 2.91 bits per heavy atom. The molecule has 0 aliphatic heterocycles. The molecule has 0 spiro atoms. The summed E-state index contributed by atoms with van der Waals surface area (Å²) >= 11 is 5.75. The number of rotatable bonds is 2. The second-order valence-corrected chi connectivity index (χ2v) is 2.58. The van der Waals surface area contributed by atoms with E-state index in [0.29, 0.717) is 11.7 Å². The highest BCUT2D eigenvalue weighted by Crippen LogP contribution is 2.16. The predicted molar refractivity (Wildman–Crippen MR) is 45.2 cm³/mol. The summed E-state index contributed by atoms with van der Waals surface area (Å²) in [7, 11) is 0. The summed E-state index contributed by atoms with van der Waals surface area (Å²) in [5.41, 5.74) is 11.8. The molecule has 60 valence electrons. The van der Waals surface area contributed by atoms with Crippen molar-refractivity contribution in [2.45, 2.75) is 6.04 Å². The molecule has 0 saturated heterocycles. The lowest BCUT2D eigenvalue weighted by molar-refractivity contribution is 0.733. The maximum Gasteiger partial charge on any atom is 0.133 e. The Morgan fingerprint density at radius 2 is 2.36 bits per heavy atom. The van der Waals surface area contributed by atoms with E-state index in [0.717, 1.165) is 5.56 Å². The first-order valence-electron chi connectivity index (χ1n) is 3.31. The van der Waals surface area contributed by atoms with Gasteiger partial charge >= 0.3 is 0 Å². The molecule has 1 heterocycles. The molecule has 1 aromatic rings. The van der Waals surface area contributed by atoms with E-state index in [4.69, 9.17) is 23.1 Å². The van der Waals surface area contributed by atoms with Gasteiger partial charge in [0, 0.05) is 24.3 Å². The molecule has 1 atom stereocenters. The van der Waals surface area contributed by atoms with Gasteiger partial charge in [0.1, 0.15) is 5.15 Å². The van der Waals surface area contributed by atoms with Gasteiger partial charge in [-0.3, -0.25) is 0 Å². The molecule has 0 amide bonds. The van der Waals surface area contributed by atoms with Gasteiger partial charge in [0.25, 0.3) is 0 Å². The molecule has 1 aromatic heterocycles. The van der Waals surface area contributed by atoms with Crippen molar-refractivity contribution < 1.29 is 0 Å². The Kier molecular flexibility index (Phi) is 2.82. The van der Waals surface area contributed by atoms with Gasteiger partial charge in [-0.2, -0.15) is 0 Å². The van der Waals surface area contributed by atoms with E-state index < -0.39 is 0 Å². The lowest BCUT2D eigenvalue weighted by Gasteiger charge is -2.08. The van der Waals surface area contributed by atoms with Crippen LogP contribution in [-0.4, -0.2) is 11.5 Å². The third-order valence-electron chi connectivity index (χ3n) is 1.44. The molecule has 3 nitrogen and oxygen atoms in total. The van der Waals surface area contributed by atoms with Crippen molar-refractivity contribution in [1.29, 1.82) is 0 Å². The summed E-state index contributed by atoms with van der Waals surface area (Å²) < 4.78 is 0. The molecule has 4 heteroatoms. The van der Waals surface area contributed by atoms with Crippen molar-refractivity contribution in [3.05, 3.63) is 29.0 Å². The maximum atomic E-state index is 5.75. The molecule has 0 aliphatic carbocycles. The number of nitrogens with two attached hydrogens (primary N) is 2. The van der Waals surface area contributed by atoms with Crippen LogP contribution in [0.15, 0.2) is 18.3 Å². The number of hydrogen-bond donors (Lipinski definition) is 2. The first-order chi connectivity index (χ1) is 5.25. The Labute approximate surface area is 70.4 Å². The fourth-order valence-electron chi connectivity index (χ4n) is 0.802. The van der Waals surface area contributed by atoms with Crippen molar-refractivity contribution in [3.8, 4) is 0 Å². The van der Waals surface area contributed by atoms with Gasteiger partial charge in [-0.1, -0.05) is 17.7 Å². The number of hydrogen-bond acceptors (Lipinski definition) is 3. The molecule has 0 aliphatic rings. The number of halogens is 1. The molecule has 0 saturated carbocycles. The monoisotopic (exact) mass is 171 g/mol. The molecule has 0 aromatic carbocycles. The van der Waals surface area contributed by atoms with Crippen LogP contribution in [0.5, 0.6) is 0 Å². The smallest absolute Gasteiger partial charge is 0.133 e. The molecular formula is C7H10ClN3. The first kappa shape index (κ1) is 8.46. The Morgan fingerprint density at radius 1 is 1.64 bits per heavy atom. The summed E-state index contributed by atoms with van der Waals surface area (Å²) in [6.45, 7) is 0.380. The lowest BCUT2D eigenvalue weighted by atomic mass is 10.1. The van der Waals surface area contributed by atoms with Crippen LogP contribution in [0.4, 0.5) is 0 Å². The SMILES string of the molecule is NC[C@@H](N)c1cccnc1Cl. The van der Waals surface area contributed by atoms with Crippen LogP contribution in [0.1, 0.15) is 11.6 Å². The van der Waals surface area contributed by atoms with Gasteiger partial charge in [0.05, 0.1) is 0 Å². The van der Waals surface area contributed by atoms with Gasteiger partial charge in [0.15, 0.2) is 0 Å². The van der Waals surface area contributed by atoms with Gasteiger partial charge in [-0.25, -0.2) is 4.98 Å². The standard InChI is InChI=1S/C7H10ClN3/c8-7-5(6(10)4-9)2-1-3-11-7/h1-3,6H,4,9-10H2/t6-/m1/s1. The average molecular weight is 172 g/mol. The fraction of sp³-hybridized carbons (Fsp3) is 0.286. The van der Waals surface area contributed by atoms with E-state index in [-0.39, 0.29) is 6.04 Å². The summed E-state index contributed by atoms with van der Waals surface area (Å²) in [4.78, 5) is 3.88. The Hall–Kier alpha value is -0.640. The molecule has 1 rings (SSSR count). The van der Waals surface area contributed by atoms with Crippen LogP contribution in [0.2, 0.25) is 5.15 Å². The average Bonchev–Trinajstić information content (AvgIpc) is 2.04. The Balaban J connectivity index is 2.93.